The number of aromatic nitrogens is 3. The lowest BCUT2D eigenvalue weighted by Crippen LogP contribution is -2.12. The van der Waals surface area contributed by atoms with Crippen molar-refractivity contribution in [2.45, 2.75) is 19.9 Å². The van der Waals surface area contributed by atoms with E-state index in [9.17, 15) is 0 Å². The van der Waals surface area contributed by atoms with E-state index in [-0.39, 0.29) is 6.04 Å². The van der Waals surface area contributed by atoms with Crippen LogP contribution in [0.1, 0.15) is 24.5 Å². The van der Waals surface area contributed by atoms with E-state index in [0.29, 0.717) is 0 Å². The molecular weight excluding hydrogens is 280 g/mol. The predicted molar refractivity (Wildman–Crippen MR) is 71.9 cm³/mol. The van der Waals surface area contributed by atoms with Crippen molar-refractivity contribution in [2.75, 3.05) is 5.32 Å². The first kappa shape index (κ1) is 12.1. The average molecular weight is 295 g/mol. The molecular formula is C12H15BrN4. The summed E-state index contributed by atoms with van der Waals surface area (Å²) in [5, 5.41) is 3.41. The van der Waals surface area contributed by atoms with Gasteiger partial charge in [0.15, 0.2) is 0 Å². The molecule has 0 aliphatic rings. The number of pyridine rings is 1. The number of halogens is 1. The standard InChI is InChI=1S/C12H15BrN4/c1-8-10(4-5-11(13)16-8)15-9(2)12-14-6-7-17(12)3/h4-7,9,15H,1-3H3. The van der Waals surface area contributed by atoms with Gasteiger partial charge in [0.05, 0.1) is 17.4 Å². The van der Waals surface area contributed by atoms with Crippen LogP contribution in [0.15, 0.2) is 29.1 Å². The maximum Gasteiger partial charge on any atom is 0.130 e. The predicted octanol–water partition coefficient (Wildman–Crippen LogP) is 3.06. The van der Waals surface area contributed by atoms with Gasteiger partial charge in [-0.15, -0.1) is 0 Å². The molecule has 0 bridgehead atoms. The lowest BCUT2D eigenvalue weighted by molar-refractivity contribution is 0.720. The maximum absolute atomic E-state index is 4.36. The van der Waals surface area contributed by atoms with Crippen molar-refractivity contribution in [1.29, 1.82) is 0 Å². The van der Waals surface area contributed by atoms with E-state index in [4.69, 9.17) is 0 Å². The number of imidazole rings is 1. The first-order chi connectivity index (χ1) is 8.08. The van der Waals surface area contributed by atoms with Crippen LogP contribution in [0.2, 0.25) is 0 Å². The largest absolute Gasteiger partial charge is 0.374 e. The Morgan fingerprint density at radius 1 is 1.41 bits per heavy atom. The molecule has 90 valence electrons. The third kappa shape index (κ3) is 2.66. The topological polar surface area (TPSA) is 42.7 Å². The summed E-state index contributed by atoms with van der Waals surface area (Å²) < 4.78 is 2.87. The highest BCUT2D eigenvalue weighted by molar-refractivity contribution is 9.10. The zero-order valence-electron chi connectivity index (χ0n) is 10.1. The van der Waals surface area contributed by atoms with E-state index < -0.39 is 0 Å². The molecule has 17 heavy (non-hydrogen) atoms. The molecule has 0 amide bonds. The monoisotopic (exact) mass is 294 g/mol. The van der Waals surface area contributed by atoms with Crippen LogP contribution in [0, 0.1) is 6.92 Å². The summed E-state index contributed by atoms with van der Waals surface area (Å²) in [6, 6.07) is 4.10. The Balaban J connectivity index is 2.19. The smallest absolute Gasteiger partial charge is 0.130 e. The fourth-order valence-electron chi connectivity index (χ4n) is 1.78. The normalized spacial score (nSPS) is 12.5. The van der Waals surface area contributed by atoms with Crippen molar-refractivity contribution in [3.8, 4) is 0 Å². The number of hydrogen-bond acceptors (Lipinski definition) is 3. The Morgan fingerprint density at radius 2 is 2.18 bits per heavy atom. The second kappa shape index (κ2) is 4.87. The van der Waals surface area contributed by atoms with Crippen LogP contribution in [0.25, 0.3) is 0 Å². The third-order valence-corrected chi connectivity index (χ3v) is 3.11. The zero-order chi connectivity index (χ0) is 12.4. The van der Waals surface area contributed by atoms with Gasteiger partial charge in [-0.05, 0) is 41.9 Å². The van der Waals surface area contributed by atoms with Crippen molar-refractivity contribution < 1.29 is 0 Å². The molecule has 1 unspecified atom stereocenters. The van der Waals surface area contributed by atoms with Crippen LogP contribution in [-0.2, 0) is 7.05 Å². The van der Waals surface area contributed by atoms with Gasteiger partial charge in [0, 0.05) is 19.4 Å². The van der Waals surface area contributed by atoms with Gasteiger partial charge in [-0.3, -0.25) is 0 Å². The average Bonchev–Trinajstić information content (AvgIpc) is 2.68. The van der Waals surface area contributed by atoms with E-state index in [1.165, 1.54) is 0 Å². The van der Waals surface area contributed by atoms with Crippen LogP contribution in [0.3, 0.4) is 0 Å². The molecule has 2 heterocycles. The lowest BCUT2D eigenvalue weighted by Gasteiger charge is -2.16. The minimum atomic E-state index is 0.150. The molecule has 0 fully saturated rings. The minimum Gasteiger partial charge on any atom is -0.374 e. The van der Waals surface area contributed by atoms with Crippen LogP contribution >= 0.6 is 15.9 Å². The number of anilines is 1. The van der Waals surface area contributed by atoms with E-state index in [1.807, 2.05) is 36.9 Å². The SMILES string of the molecule is Cc1nc(Br)ccc1NC(C)c1nccn1C. The Kier molecular flexibility index (Phi) is 3.47. The van der Waals surface area contributed by atoms with Gasteiger partial charge in [0.1, 0.15) is 10.4 Å². The molecule has 0 aromatic carbocycles. The molecule has 2 aromatic rings. The highest BCUT2D eigenvalue weighted by atomic mass is 79.9. The molecule has 0 aliphatic heterocycles. The Labute approximate surface area is 109 Å². The highest BCUT2D eigenvalue weighted by Gasteiger charge is 2.11. The number of nitrogens with one attached hydrogen (secondary N) is 1. The van der Waals surface area contributed by atoms with Gasteiger partial charge in [0.2, 0.25) is 0 Å². The maximum atomic E-state index is 4.36. The van der Waals surface area contributed by atoms with Gasteiger partial charge in [-0.1, -0.05) is 0 Å². The molecule has 2 rings (SSSR count). The number of aryl methyl sites for hydroxylation is 2. The molecule has 0 radical (unpaired) electrons. The van der Waals surface area contributed by atoms with Gasteiger partial charge >= 0.3 is 0 Å². The number of nitrogens with zero attached hydrogens (tertiary/aromatic N) is 3. The molecule has 1 atom stereocenters. The Hall–Kier alpha value is -1.36. The second-order valence-corrected chi connectivity index (χ2v) is 4.84. The van der Waals surface area contributed by atoms with E-state index >= 15 is 0 Å². The van der Waals surface area contributed by atoms with Crippen LogP contribution in [-0.4, -0.2) is 14.5 Å². The molecule has 0 aliphatic carbocycles. The quantitative estimate of drug-likeness (QED) is 0.885. The molecule has 0 saturated heterocycles. The summed E-state index contributed by atoms with van der Waals surface area (Å²) in [4.78, 5) is 8.69. The molecule has 1 N–H and O–H groups in total. The third-order valence-electron chi connectivity index (χ3n) is 2.67. The molecule has 0 saturated carbocycles. The zero-order valence-corrected chi connectivity index (χ0v) is 11.7. The van der Waals surface area contributed by atoms with Crippen molar-refractivity contribution in [2.24, 2.45) is 7.05 Å². The number of hydrogen-bond donors (Lipinski definition) is 1. The summed E-state index contributed by atoms with van der Waals surface area (Å²) in [5.41, 5.74) is 2.00. The lowest BCUT2D eigenvalue weighted by atomic mass is 10.2. The minimum absolute atomic E-state index is 0.150. The van der Waals surface area contributed by atoms with Crippen molar-refractivity contribution in [3.63, 3.8) is 0 Å². The molecule has 5 heteroatoms. The summed E-state index contributed by atoms with van der Waals surface area (Å²) in [6.45, 7) is 4.07. The summed E-state index contributed by atoms with van der Waals surface area (Å²) in [7, 11) is 1.99. The Bertz CT molecular complexity index is 521. The first-order valence-corrected chi connectivity index (χ1v) is 6.24. The van der Waals surface area contributed by atoms with Gasteiger partial charge in [-0.2, -0.15) is 0 Å². The summed E-state index contributed by atoms with van der Waals surface area (Å²) in [5.74, 6) is 1.01. The Morgan fingerprint density at radius 3 is 2.76 bits per heavy atom. The fourth-order valence-corrected chi connectivity index (χ4v) is 2.17. The molecule has 0 spiro atoms. The first-order valence-electron chi connectivity index (χ1n) is 5.45. The van der Waals surface area contributed by atoms with Gasteiger partial charge in [0.25, 0.3) is 0 Å². The van der Waals surface area contributed by atoms with Gasteiger partial charge in [-0.25, -0.2) is 9.97 Å². The van der Waals surface area contributed by atoms with E-state index in [1.54, 1.807) is 6.20 Å². The number of rotatable bonds is 3. The van der Waals surface area contributed by atoms with Crippen LogP contribution in [0.4, 0.5) is 5.69 Å². The van der Waals surface area contributed by atoms with Crippen LogP contribution in [0.5, 0.6) is 0 Å². The van der Waals surface area contributed by atoms with Crippen molar-refractivity contribution in [1.82, 2.24) is 14.5 Å². The molecule has 2 aromatic heterocycles. The highest BCUT2D eigenvalue weighted by Crippen LogP contribution is 2.21. The van der Waals surface area contributed by atoms with Gasteiger partial charge < -0.3 is 9.88 Å². The van der Waals surface area contributed by atoms with Crippen molar-refractivity contribution in [3.05, 3.63) is 40.6 Å². The second-order valence-electron chi connectivity index (χ2n) is 4.03. The molecule has 4 nitrogen and oxygen atoms in total. The van der Waals surface area contributed by atoms with E-state index in [2.05, 4.69) is 38.1 Å². The fraction of sp³-hybridized carbons (Fsp3) is 0.333. The van der Waals surface area contributed by atoms with E-state index in [0.717, 1.165) is 21.8 Å². The van der Waals surface area contributed by atoms with Crippen molar-refractivity contribution >= 4 is 21.6 Å². The summed E-state index contributed by atoms with van der Waals surface area (Å²) in [6.07, 6.45) is 3.75. The van der Waals surface area contributed by atoms with Crippen LogP contribution < -0.4 is 5.32 Å². The summed E-state index contributed by atoms with van der Waals surface area (Å²) >= 11 is 3.36.